The molecule has 6 nitrogen and oxygen atoms in total. The zero-order chi connectivity index (χ0) is 17.1. The Bertz CT molecular complexity index is 694. The monoisotopic (exact) mass is 407 g/mol. The van der Waals surface area contributed by atoms with E-state index in [4.69, 9.17) is 21.1 Å². The summed E-state index contributed by atoms with van der Waals surface area (Å²) in [4.78, 5) is 25.1. The lowest BCUT2D eigenvalue weighted by Crippen LogP contribution is -2.39. The van der Waals surface area contributed by atoms with Crippen LogP contribution >= 0.6 is 27.5 Å². The highest BCUT2D eigenvalue weighted by Crippen LogP contribution is 2.35. The van der Waals surface area contributed by atoms with Crippen molar-refractivity contribution in [3.05, 3.63) is 38.7 Å². The lowest BCUT2D eigenvalue weighted by atomic mass is 10.1. The molecule has 0 fully saturated rings. The molecule has 0 unspecified atom stereocenters. The van der Waals surface area contributed by atoms with Crippen LogP contribution in [-0.2, 0) is 23.8 Å². The molecule has 2 rings (SSSR count). The molecule has 124 valence electrons. The van der Waals surface area contributed by atoms with Crippen molar-refractivity contribution >= 4 is 45.2 Å². The average Bonchev–Trinajstić information content (AvgIpc) is 2.57. The molecule has 0 aromatic heterocycles. The Morgan fingerprint density at radius 1 is 1.30 bits per heavy atom. The largest absolute Gasteiger partial charge is 0.466 e. The van der Waals surface area contributed by atoms with Crippen molar-refractivity contribution in [3.8, 4) is 0 Å². The van der Waals surface area contributed by atoms with E-state index in [1.54, 1.807) is 0 Å². The molecule has 1 aromatic rings. The summed E-state index contributed by atoms with van der Waals surface area (Å²) < 4.78 is 29.4. The summed E-state index contributed by atoms with van der Waals surface area (Å²) >= 11 is 8.98. The van der Waals surface area contributed by atoms with Crippen LogP contribution in [0.2, 0.25) is 5.02 Å². The van der Waals surface area contributed by atoms with Crippen molar-refractivity contribution in [3.63, 3.8) is 0 Å². The van der Waals surface area contributed by atoms with Crippen LogP contribution in [0.5, 0.6) is 0 Å². The van der Waals surface area contributed by atoms with Crippen LogP contribution in [0.3, 0.4) is 0 Å². The highest BCUT2D eigenvalue weighted by atomic mass is 79.9. The van der Waals surface area contributed by atoms with Crippen LogP contribution in [-0.4, -0.2) is 39.5 Å². The number of nitrogens with zero attached hydrogens (tertiary/aromatic N) is 1. The molecule has 1 aliphatic heterocycles. The van der Waals surface area contributed by atoms with E-state index in [9.17, 15) is 14.0 Å². The van der Waals surface area contributed by atoms with Gasteiger partial charge in [-0.2, -0.15) is 0 Å². The summed E-state index contributed by atoms with van der Waals surface area (Å²) in [5.41, 5.74) is -0.244. The predicted octanol–water partition coefficient (Wildman–Crippen LogP) is 2.64. The highest BCUT2D eigenvalue weighted by Gasteiger charge is 2.34. The Balaban J connectivity index is 2.62. The number of benzene rings is 1. The summed E-state index contributed by atoms with van der Waals surface area (Å²) in [6.07, 6.45) is 0. The van der Waals surface area contributed by atoms with Gasteiger partial charge in [0.1, 0.15) is 12.4 Å². The van der Waals surface area contributed by atoms with E-state index in [2.05, 4.69) is 20.7 Å². The van der Waals surface area contributed by atoms with Crippen LogP contribution in [0.4, 0.5) is 10.1 Å². The zero-order valence-electron chi connectivity index (χ0n) is 12.2. The second-order valence-electron chi connectivity index (χ2n) is 4.41. The molecule has 0 atom stereocenters. The zero-order valence-corrected chi connectivity index (χ0v) is 14.5. The first kappa shape index (κ1) is 17.7. The average molecular weight is 409 g/mol. The minimum absolute atomic E-state index is 0.0281. The first-order valence-corrected chi connectivity index (χ1v) is 7.48. The van der Waals surface area contributed by atoms with Crippen molar-refractivity contribution in [1.82, 2.24) is 0 Å². The van der Waals surface area contributed by atoms with Crippen molar-refractivity contribution in [1.29, 1.82) is 0 Å². The van der Waals surface area contributed by atoms with Gasteiger partial charge in [-0.15, -0.1) is 0 Å². The molecule has 0 amide bonds. The van der Waals surface area contributed by atoms with E-state index < -0.39 is 17.8 Å². The normalized spacial score (nSPS) is 14.7. The van der Waals surface area contributed by atoms with Gasteiger partial charge in [0.15, 0.2) is 5.82 Å². The van der Waals surface area contributed by atoms with Crippen molar-refractivity contribution in [2.45, 2.75) is 0 Å². The van der Waals surface area contributed by atoms with E-state index >= 15 is 0 Å². The summed E-state index contributed by atoms with van der Waals surface area (Å²) in [6, 6.07) is 2.92. The molecule has 0 aliphatic carbocycles. The molecule has 0 saturated carbocycles. The number of carbonyl (C=O) groups is 2. The van der Waals surface area contributed by atoms with E-state index in [0.717, 1.165) is 7.11 Å². The molecular weight excluding hydrogens is 397 g/mol. The van der Waals surface area contributed by atoms with Gasteiger partial charge in [-0.05, 0) is 28.1 Å². The summed E-state index contributed by atoms with van der Waals surface area (Å²) in [5, 5.41) is -0.156. The Kier molecular flexibility index (Phi) is 5.61. The Morgan fingerprint density at radius 3 is 2.57 bits per heavy atom. The smallest absolute Gasteiger partial charge is 0.355 e. The van der Waals surface area contributed by atoms with Crippen LogP contribution in [0.1, 0.15) is 0 Å². The number of ether oxygens (including phenoxy) is 3. The third-order valence-electron chi connectivity index (χ3n) is 3.14. The van der Waals surface area contributed by atoms with Gasteiger partial charge >= 0.3 is 11.9 Å². The standard InChI is InChI=1S/C14H12BrClFNO5/c1-21-13(19)7-5-23-6-18(12(7)14(20)22-2)9-4-3-8(15)10(16)11(9)17/h3-4H,5-6H2,1-2H3. The molecule has 9 heteroatoms. The molecule has 0 spiro atoms. The fourth-order valence-electron chi connectivity index (χ4n) is 2.06. The highest BCUT2D eigenvalue weighted by molar-refractivity contribution is 9.10. The number of hydrogen-bond acceptors (Lipinski definition) is 6. The van der Waals surface area contributed by atoms with E-state index in [1.807, 2.05) is 0 Å². The SMILES string of the molecule is COC(=O)C1=C(C(=O)OC)N(c2ccc(Br)c(Cl)c2F)COC1. The van der Waals surface area contributed by atoms with Gasteiger partial charge in [0, 0.05) is 4.47 Å². The maximum absolute atomic E-state index is 14.4. The molecular formula is C14H12BrClFNO5. The summed E-state index contributed by atoms with van der Waals surface area (Å²) in [7, 11) is 2.32. The van der Waals surface area contributed by atoms with Gasteiger partial charge < -0.3 is 19.1 Å². The van der Waals surface area contributed by atoms with Gasteiger partial charge in [0.25, 0.3) is 0 Å². The van der Waals surface area contributed by atoms with Crippen molar-refractivity contribution in [2.24, 2.45) is 0 Å². The van der Waals surface area contributed by atoms with Gasteiger partial charge in [-0.1, -0.05) is 11.6 Å². The Labute approximate surface area is 144 Å². The third kappa shape index (κ3) is 3.34. The van der Waals surface area contributed by atoms with Crippen molar-refractivity contribution < 1.29 is 28.2 Å². The third-order valence-corrected chi connectivity index (χ3v) is 4.40. The minimum atomic E-state index is -0.813. The van der Waals surface area contributed by atoms with Crippen LogP contribution in [0.25, 0.3) is 0 Å². The molecule has 0 bridgehead atoms. The summed E-state index contributed by atoms with van der Waals surface area (Å²) in [6.45, 7) is -0.306. The molecule has 1 aliphatic rings. The van der Waals surface area contributed by atoms with Gasteiger partial charge in [-0.3, -0.25) is 0 Å². The van der Waals surface area contributed by atoms with E-state index in [-0.39, 0.29) is 35.3 Å². The fourth-order valence-corrected chi connectivity index (χ4v) is 2.52. The molecule has 0 radical (unpaired) electrons. The van der Waals surface area contributed by atoms with E-state index in [1.165, 1.54) is 24.1 Å². The van der Waals surface area contributed by atoms with Crippen molar-refractivity contribution in [2.75, 3.05) is 32.5 Å². The number of carbonyl (C=O) groups excluding carboxylic acids is 2. The van der Waals surface area contributed by atoms with Crippen LogP contribution in [0, 0.1) is 5.82 Å². The molecule has 1 heterocycles. The number of halogens is 3. The number of hydrogen-bond donors (Lipinski definition) is 0. The molecule has 1 aromatic carbocycles. The quantitative estimate of drug-likeness (QED) is 0.566. The maximum Gasteiger partial charge on any atom is 0.355 e. The maximum atomic E-state index is 14.4. The first-order chi connectivity index (χ1) is 10.9. The van der Waals surface area contributed by atoms with Gasteiger partial charge in [0.2, 0.25) is 0 Å². The number of methoxy groups -OCH3 is 2. The van der Waals surface area contributed by atoms with Gasteiger partial charge in [0.05, 0.1) is 37.1 Å². The Morgan fingerprint density at radius 2 is 1.96 bits per heavy atom. The molecule has 0 N–H and O–H groups in total. The second kappa shape index (κ2) is 7.29. The summed E-state index contributed by atoms with van der Waals surface area (Å²) in [5.74, 6) is -2.34. The first-order valence-electron chi connectivity index (χ1n) is 6.30. The number of anilines is 1. The minimum Gasteiger partial charge on any atom is -0.466 e. The van der Waals surface area contributed by atoms with Gasteiger partial charge in [-0.25, -0.2) is 14.0 Å². The molecule has 0 saturated heterocycles. The van der Waals surface area contributed by atoms with Crippen LogP contribution in [0.15, 0.2) is 27.9 Å². The lowest BCUT2D eigenvalue weighted by Gasteiger charge is -2.31. The number of esters is 2. The predicted molar refractivity (Wildman–Crippen MR) is 83.5 cm³/mol. The number of rotatable bonds is 3. The topological polar surface area (TPSA) is 65.1 Å². The fraction of sp³-hybridized carbons (Fsp3) is 0.286. The second-order valence-corrected chi connectivity index (χ2v) is 5.64. The molecule has 23 heavy (non-hydrogen) atoms. The van der Waals surface area contributed by atoms with E-state index in [0.29, 0.717) is 4.47 Å². The lowest BCUT2D eigenvalue weighted by molar-refractivity contribution is -0.140. The Hall–Kier alpha value is -1.64. The van der Waals surface area contributed by atoms with Crippen LogP contribution < -0.4 is 4.90 Å².